The fraction of sp³-hybridized carbons (Fsp3) is 0.556. The van der Waals surface area contributed by atoms with E-state index >= 15 is 0 Å². The number of hydrogen-bond donors (Lipinski definition) is 0. The molecular weight excluding hydrogens is 164 g/mol. The minimum absolute atomic E-state index is 0.321. The average Bonchev–Trinajstić information content (AvgIpc) is 2.57. The molecule has 13 heavy (non-hydrogen) atoms. The lowest BCUT2D eigenvalue weighted by Crippen LogP contribution is -2.32. The standard InChI is InChI=1S/C9H6N4/c10-4-8(5-11)2-1-3-9(8,6-12)7-13/h1-3H2. The zero-order chi connectivity index (χ0) is 9.95. The van der Waals surface area contributed by atoms with Gasteiger partial charge in [0, 0.05) is 0 Å². The Morgan fingerprint density at radius 2 is 1.00 bits per heavy atom. The zero-order valence-corrected chi connectivity index (χ0v) is 6.91. The Hall–Kier alpha value is -2.04. The first kappa shape index (κ1) is 9.05. The van der Waals surface area contributed by atoms with Gasteiger partial charge in [0.05, 0.1) is 24.3 Å². The van der Waals surface area contributed by atoms with Crippen molar-refractivity contribution in [3.63, 3.8) is 0 Å². The highest BCUT2D eigenvalue weighted by Crippen LogP contribution is 2.51. The van der Waals surface area contributed by atoms with Crippen LogP contribution < -0.4 is 0 Å². The van der Waals surface area contributed by atoms with Gasteiger partial charge in [-0.1, -0.05) is 0 Å². The summed E-state index contributed by atoms with van der Waals surface area (Å²) in [4.78, 5) is 0. The summed E-state index contributed by atoms with van der Waals surface area (Å²) in [5, 5.41) is 35.4. The Morgan fingerprint density at radius 3 is 1.23 bits per heavy atom. The summed E-state index contributed by atoms with van der Waals surface area (Å²) in [6, 6.07) is 7.26. The van der Waals surface area contributed by atoms with Crippen molar-refractivity contribution in [2.75, 3.05) is 0 Å². The molecule has 0 amide bonds. The van der Waals surface area contributed by atoms with Gasteiger partial charge in [-0.2, -0.15) is 21.0 Å². The van der Waals surface area contributed by atoms with Crippen LogP contribution in [0.5, 0.6) is 0 Å². The van der Waals surface area contributed by atoms with Gasteiger partial charge in [0.1, 0.15) is 0 Å². The fourth-order valence-corrected chi connectivity index (χ4v) is 1.70. The monoisotopic (exact) mass is 170 g/mol. The van der Waals surface area contributed by atoms with Crippen molar-refractivity contribution in [2.45, 2.75) is 19.3 Å². The van der Waals surface area contributed by atoms with Crippen LogP contribution in [-0.2, 0) is 0 Å². The quantitative estimate of drug-likeness (QED) is 0.546. The molecule has 0 heterocycles. The molecule has 0 spiro atoms. The lowest BCUT2D eigenvalue weighted by atomic mass is 9.69. The van der Waals surface area contributed by atoms with Crippen LogP contribution in [0, 0.1) is 56.2 Å². The number of rotatable bonds is 0. The molecule has 0 aromatic rings. The van der Waals surface area contributed by atoms with E-state index in [0.717, 1.165) is 0 Å². The second-order valence-electron chi connectivity index (χ2n) is 3.11. The van der Waals surface area contributed by atoms with Gasteiger partial charge in [0.15, 0.2) is 10.8 Å². The van der Waals surface area contributed by atoms with Gasteiger partial charge < -0.3 is 0 Å². The van der Waals surface area contributed by atoms with Crippen LogP contribution in [0.25, 0.3) is 0 Å². The molecule has 0 unspecified atom stereocenters. The summed E-state index contributed by atoms with van der Waals surface area (Å²) in [5.74, 6) is 0. The van der Waals surface area contributed by atoms with Crippen LogP contribution in [0.15, 0.2) is 0 Å². The maximum atomic E-state index is 8.84. The predicted molar refractivity (Wildman–Crippen MR) is 41.2 cm³/mol. The number of nitriles is 4. The van der Waals surface area contributed by atoms with Crippen molar-refractivity contribution in [3.8, 4) is 24.3 Å². The molecule has 1 aliphatic rings. The Labute approximate surface area is 76.2 Å². The van der Waals surface area contributed by atoms with Crippen LogP contribution in [0.2, 0.25) is 0 Å². The second-order valence-corrected chi connectivity index (χ2v) is 3.11. The van der Waals surface area contributed by atoms with Crippen LogP contribution >= 0.6 is 0 Å². The minimum Gasteiger partial charge on any atom is -0.196 e. The molecule has 1 saturated carbocycles. The smallest absolute Gasteiger partial charge is 0.175 e. The van der Waals surface area contributed by atoms with Gasteiger partial charge >= 0.3 is 0 Å². The lowest BCUT2D eigenvalue weighted by Gasteiger charge is -2.21. The molecule has 62 valence electrons. The highest BCUT2D eigenvalue weighted by atomic mass is 14.6. The molecule has 0 bridgehead atoms. The van der Waals surface area contributed by atoms with E-state index in [9.17, 15) is 0 Å². The summed E-state index contributed by atoms with van der Waals surface area (Å²) in [5.41, 5.74) is -2.84. The van der Waals surface area contributed by atoms with Crippen molar-refractivity contribution in [1.29, 1.82) is 21.0 Å². The van der Waals surface area contributed by atoms with E-state index in [4.69, 9.17) is 21.0 Å². The van der Waals surface area contributed by atoms with Crippen molar-refractivity contribution >= 4 is 0 Å². The van der Waals surface area contributed by atoms with E-state index in [1.165, 1.54) is 0 Å². The molecule has 4 heteroatoms. The second kappa shape index (κ2) is 2.78. The first-order valence-electron chi connectivity index (χ1n) is 3.85. The largest absolute Gasteiger partial charge is 0.196 e. The van der Waals surface area contributed by atoms with Gasteiger partial charge in [-0.15, -0.1) is 0 Å². The minimum atomic E-state index is -1.42. The SMILES string of the molecule is N#CC1(C#N)CCCC1(C#N)C#N. The average molecular weight is 170 g/mol. The van der Waals surface area contributed by atoms with Crippen LogP contribution in [0.1, 0.15) is 19.3 Å². The Bertz CT molecular complexity index is 316. The maximum Gasteiger partial charge on any atom is 0.175 e. The molecular formula is C9H6N4. The third-order valence-corrected chi connectivity index (χ3v) is 2.60. The lowest BCUT2D eigenvalue weighted by molar-refractivity contribution is 0.359. The van der Waals surface area contributed by atoms with Gasteiger partial charge in [-0.25, -0.2) is 0 Å². The number of nitrogens with zero attached hydrogens (tertiary/aromatic N) is 4. The molecule has 4 nitrogen and oxygen atoms in total. The summed E-state index contributed by atoms with van der Waals surface area (Å²) >= 11 is 0. The van der Waals surface area contributed by atoms with Crippen LogP contribution in [0.4, 0.5) is 0 Å². The van der Waals surface area contributed by atoms with Crippen molar-refractivity contribution < 1.29 is 0 Å². The molecule has 1 fully saturated rings. The first-order chi connectivity index (χ1) is 6.20. The molecule has 1 rings (SSSR count). The number of hydrogen-bond acceptors (Lipinski definition) is 4. The van der Waals surface area contributed by atoms with Crippen LogP contribution in [-0.4, -0.2) is 0 Å². The molecule has 1 aliphatic carbocycles. The van der Waals surface area contributed by atoms with Gasteiger partial charge in [0.2, 0.25) is 0 Å². The maximum absolute atomic E-state index is 8.84. The zero-order valence-electron chi connectivity index (χ0n) is 6.91. The topological polar surface area (TPSA) is 95.2 Å². The van der Waals surface area contributed by atoms with Gasteiger partial charge in [-0.3, -0.25) is 0 Å². The van der Waals surface area contributed by atoms with Gasteiger partial charge in [0.25, 0.3) is 0 Å². The molecule has 0 saturated heterocycles. The van der Waals surface area contributed by atoms with E-state index in [2.05, 4.69) is 0 Å². The highest BCUT2D eigenvalue weighted by molar-refractivity contribution is 5.36. The third kappa shape index (κ3) is 0.868. The molecule has 0 aliphatic heterocycles. The Morgan fingerprint density at radius 1 is 0.692 bits per heavy atom. The fourth-order valence-electron chi connectivity index (χ4n) is 1.70. The third-order valence-electron chi connectivity index (χ3n) is 2.60. The van der Waals surface area contributed by atoms with Crippen molar-refractivity contribution in [3.05, 3.63) is 0 Å². The van der Waals surface area contributed by atoms with E-state index in [1.807, 2.05) is 24.3 Å². The summed E-state index contributed by atoms with van der Waals surface area (Å²) in [7, 11) is 0. The Kier molecular flexibility index (Phi) is 1.94. The van der Waals surface area contributed by atoms with E-state index in [-0.39, 0.29) is 0 Å². The van der Waals surface area contributed by atoms with Crippen LogP contribution in [0.3, 0.4) is 0 Å². The van der Waals surface area contributed by atoms with Crippen molar-refractivity contribution in [1.82, 2.24) is 0 Å². The highest BCUT2D eigenvalue weighted by Gasteiger charge is 2.58. The summed E-state index contributed by atoms with van der Waals surface area (Å²) < 4.78 is 0. The molecule has 0 N–H and O–H groups in total. The Balaban J connectivity index is 3.32. The molecule has 0 aromatic carbocycles. The predicted octanol–water partition coefficient (Wildman–Crippen LogP) is 1.24. The van der Waals surface area contributed by atoms with Crippen molar-refractivity contribution in [2.24, 2.45) is 10.8 Å². The van der Waals surface area contributed by atoms with Gasteiger partial charge in [-0.05, 0) is 19.3 Å². The molecule has 0 radical (unpaired) electrons. The van der Waals surface area contributed by atoms with E-state index in [1.54, 1.807) is 0 Å². The summed E-state index contributed by atoms with van der Waals surface area (Å²) in [6.45, 7) is 0. The normalized spacial score (nSPS) is 21.8. The van der Waals surface area contributed by atoms with E-state index in [0.29, 0.717) is 19.3 Å². The first-order valence-corrected chi connectivity index (χ1v) is 3.85. The molecule has 0 atom stereocenters. The molecule has 0 aromatic heterocycles. The summed E-state index contributed by atoms with van der Waals surface area (Å²) in [6.07, 6.45) is 1.23. The van der Waals surface area contributed by atoms with E-state index < -0.39 is 10.8 Å².